The standard InChI is InChI=1S/C14H14ClN3O.C2H6O.C2H6/c1-19-11-5-3-2-4-10(8-11)12-9-16-14-7-6-13(15)17-18(12)14;1-3-2;1-2/h2,4,6-9,11H,3,5H2,1H3;1-2H3;1-2H3. The van der Waals surface area contributed by atoms with E-state index in [0.29, 0.717) is 5.15 Å². The van der Waals surface area contributed by atoms with Gasteiger partial charge in [0.25, 0.3) is 0 Å². The van der Waals surface area contributed by atoms with Gasteiger partial charge in [-0.1, -0.05) is 37.6 Å². The molecular weight excluding hydrogens is 326 g/mol. The molecule has 0 spiro atoms. The highest BCUT2D eigenvalue weighted by Crippen LogP contribution is 2.23. The molecule has 1 aliphatic rings. The van der Waals surface area contributed by atoms with Crippen LogP contribution in [0.5, 0.6) is 0 Å². The first-order valence-corrected chi connectivity index (χ1v) is 8.39. The predicted octanol–water partition coefficient (Wildman–Crippen LogP) is 4.42. The maximum Gasteiger partial charge on any atom is 0.154 e. The summed E-state index contributed by atoms with van der Waals surface area (Å²) < 4.78 is 11.5. The predicted molar refractivity (Wildman–Crippen MR) is 99.4 cm³/mol. The van der Waals surface area contributed by atoms with E-state index in [9.17, 15) is 0 Å². The second kappa shape index (κ2) is 11.0. The van der Waals surface area contributed by atoms with Gasteiger partial charge in [0.1, 0.15) is 5.15 Å². The van der Waals surface area contributed by atoms with Gasteiger partial charge in [0, 0.05) is 26.9 Å². The molecule has 2 aromatic rings. The number of allylic oxidation sites excluding steroid dienone is 3. The molecule has 6 heteroatoms. The van der Waals surface area contributed by atoms with Crippen molar-refractivity contribution in [3.05, 3.63) is 47.4 Å². The van der Waals surface area contributed by atoms with Gasteiger partial charge in [0.2, 0.25) is 0 Å². The fraction of sp³-hybridized carbons (Fsp3) is 0.444. The third kappa shape index (κ3) is 5.44. The molecule has 0 radical (unpaired) electrons. The van der Waals surface area contributed by atoms with Gasteiger partial charge in [0.15, 0.2) is 5.65 Å². The molecule has 2 aromatic heterocycles. The van der Waals surface area contributed by atoms with Gasteiger partial charge in [-0.25, -0.2) is 9.50 Å². The van der Waals surface area contributed by atoms with Crippen LogP contribution >= 0.6 is 11.6 Å². The number of methoxy groups -OCH3 is 2. The summed E-state index contributed by atoms with van der Waals surface area (Å²) in [6.07, 6.45) is 10.3. The van der Waals surface area contributed by atoms with Crippen molar-refractivity contribution in [3.8, 4) is 0 Å². The van der Waals surface area contributed by atoms with E-state index in [0.717, 1.165) is 29.8 Å². The Morgan fingerprint density at radius 3 is 2.58 bits per heavy atom. The number of hydrogen-bond donors (Lipinski definition) is 0. The van der Waals surface area contributed by atoms with E-state index >= 15 is 0 Å². The Bertz CT molecular complexity index is 680. The fourth-order valence-electron chi connectivity index (χ4n) is 2.21. The van der Waals surface area contributed by atoms with E-state index in [1.807, 2.05) is 26.1 Å². The van der Waals surface area contributed by atoms with Crippen molar-refractivity contribution in [1.29, 1.82) is 0 Å². The number of imidazole rings is 1. The number of rotatable bonds is 2. The van der Waals surface area contributed by atoms with Crippen LogP contribution in [0.2, 0.25) is 5.15 Å². The second-order valence-electron chi connectivity index (χ2n) is 4.85. The van der Waals surface area contributed by atoms with Crippen molar-refractivity contribution in [2.75, 3.05) is 21.3 Å². The highest BCUT2D eigenvalue weighted by atomic mass is 35.5. The van der Waals surface area contributed by atoms with Crippen LogP contribution in [-0.4, -0.2) is 42.0 Å². The topological polar surface area (TPSA) is 48.7 Å². The first kappa shape index (κ1) is 20.4. The van der Waals surface area contributed by atoms with Gasteiger partial charge < -0.3 is 9.47 Å². The summed E-state index contributed by atoms with van der Waals surface area (Å²) >= 11 is 5.95. The molecular formula is C18H26ClN3O2. The van der Waals surface area contributed by atoms with Gasteiger partial charge in [0.05, 0.1) is 18.0 Å². The zero-order chi connectivity index (χ0) is 17.9. The summed E-state index contributed by atoms with van der Waals surface area (Å²) in [7, 11) is 4.98. The van der Waals surface area contributed by atoms with Gasteiger partial charge >= 0.3 is 0 Å². The number of halogens is 1. The Kier molecular flexibility index (Phi) is 9.30. The number of nitrogens with zero attached hydrogens (tertiary/aromatic N) is 3. The van der Waals surface area contributed by atoms with Crippen LogP contribution in [0, 0.1) is 0 Å². The summed E-state index contributed by atoms with van der Waals surface area (Å²) in [5.74, 6) is 0. The molecule has 3 rings (SSSR count). The molecule has 1 unspecified atom stereocenters. The molecule has 0 N–H and O–H groups in total. The third-order valence-electron chi connectivity index (χ3n) is 3.21. The van der Waals surface area contributed by atoms with Crippen molar-refractivity contribution in [2.24, 2.45) is 0 Å². The smallest absolute Gasteiger partial charge is 0.154 e. The first-order valence-electron chi connectivity index (χ1n) is 8.01. The summed E-state index contributed by atoms with van der Waals surface area (Å²) in [5.41, 5.74) is 2.77. The van der Waals surface area contributed by atoms with Crippen LogP contribution < -0.4 is 0 Å². The van der Waals surface area contributed by atoms with E-state index in [-0.39, 0.29) is 6.10 Å². The summed E-state index contributed by atoms with van der Waals surface area (Å²) in [4.78, 5) is 4.34. The maximum atomic E-state index is 5.95. The highest BCUT2D eigenvalue weighted by Gasteiger charge is 2.13. The monoisotopic (exact) mass is 351 g/mol. The average molecular weight is 352 g/mol. The first-order chi connectivity index (χ1) is 11.7. The number of hydrogen-bond acceptors (Lipinski definition) is 4. The fourth-order valence-corrected chi connectivity index (χ4v) is 2.35. The molecule has 5 nitrogen and oxygen atoms in total. The summed E-state index contributed by atoms with van der Waals surface area (Å²) in [6.45, 7) is 4.00. The van der Waals surface area contributed by atoms with E-state index in [4.69, 9.17) is 16.3 Å². The molecule has 0 saturated heterocycles. The zero-order valence-electron chi connectivity index (χ0n) is 15.0. The van der Waals surface area contributed by atoms with Gasteiger partial charge in [-0.05, 0) is 31.1 Å². The van der Waals surface area contributed by atoms with Crippen LogP contribution in [0.4, 0.5) is 0 Å². The van der Waals surface area contributed by atoms with Crippen molar-refractivity contribution in [1.82, 2.24) is 14.6 Å². The van der Waals surface area contributed by atoms with Crippen LogP contribution in [0.25, 0.3) is 11.2 Å². The van der Waals surface area contributed by atoms with Gasteiger partial charge in [-0.2, -0.15) is 5.10 Å². The van der Waals surface area contributed by atoms with E-state index < -0.39 is 0 Å². The molecule has 0 aliphatic heterocycles. The van der Waals surface area contributed by atoms with Crippen molar-refractivity contribution in [2.45, 2.75) is 32.8 Å². The SMILES string of the molecule is CC.COC.COC1C=C(c2cnc3ccc(Cl)nn23)C=CCC1. The third-order valence-corrected chi connectivity index (χ3v) is 3.41. The van der Waals surface area contributed by atoms with Crippen LogP contribution in [0.15, 0.2) is 36.6 Å². The minimum Gasteiger partial charge on any atom is -0.388 e. The number of aromatic nitrogens is 3. The zero-order valence-corrected chi connectivity index (χ0v) is 15.7. The lowest BCUT2D eigenvalue weighted by Crippen LogP contribution is -2.06. The van der Waals surface area contributed by atoms with Gasteiger partial charge in [-0.3, -0.25) is 0 Å². The lowest BCUT2D eigenvalue weighted by Gasteiger charge is -2.09. The lowest BCUT2D eigenvalue weighted by molar-refractivity contribution is 0.135. The van der Waals surface area contributed by atoms with E-state index in [1.54, 1.807) is 31.9 Å². The van der Waals surface area contributed by atoms with Crippen LogP contribution in [-0.2, 0) is 9.47 Å². The van der Waals surface area contributed by atoms with Crippen LogP contribution in [0.3, 0.4) is 0 Å². The summed E-state index contributed by atoms with van der Waals surface area (Å²) in [5, 5.41) is 4.75. The Morgan fingerprint density at radius 2 is 1.92 bits per heavy atom. The minimum atomic E-state index is 0.120. The van der Waals surface area contributed by atoms with E-state index in [1.165, 1.54) is 0 Å². The molecule has 0 saturated carbocycles. The largest absolute Gasteiger partial charge is 0.388 e. The van der Waals surface area contributed by atoms with Crippen molar-refractivity contribution in [3.63, 3.8) is 0 Å². The minimum absolute atomic E-state index is 0.120. The second-order valence-corrected chi connectivity index (χ2v) is 5.24. The Hall–Kier alpha value is -1.69. The number of fused-ring (bicyclic) bond motifs is 1. The van der Waals surface area contributed by atoms with Crippen LogP contribution in [0.1, 0.15) is 32.4 Å². The molecule has 24 heavy (non-hydrogen) atoms. The highest BCUT2D eigenvalue weighted by molar-refractivity contribution is 6.29. The Labute approximate surface area is 148 Å². The molecule has 132 valence electrons. The van der Waals surface area contributed by atoms with Crippen molar-refractivity contribution >= 4 is 22.8 Å². The quantitative estimate of drug-likeness (QED) is 0.803. The molecule has 0 bridgehead atoms. The van der Waals surface area contributed by atoms with E-state index in [2.05, 4.69) is 33.0 Å². The molecule has 2 heterocycles. The van der Waals surface area contributed by atoms with Gasteiger partial charge in [-0.15, -0.1) is 0 Å². The molecule has 1 atom stereocenters. The average Bonchev–Trinajstić information content (AvgIpc) is 2.86. The molecule has 0 aromatic carbocycles. The number of ether oxygens (including phenoxy) is 2. The normalized spacial score (nSPS) is 16.4. The molecule has 1 aliphatic carbocycles. The van der Waals surface area contributed by atoms with Crippen molar-refractivity contribution < 1.29 is 9.47 Å². The lowest BCUT2D eigenvalue weighted by atomic mass is 10.1. The maximum absolute atomic E-state index is 5.95. The Balaban J connectivity index is 0.000000521. The summed E-state index contributed by atoms with van der Waals surface area (Å²) in [6, 6.07) is 3.59. The molecule has 0 fully saturated rings. The Morgan fingerprint density at radius 1 is 1.21 bits per heavy atom. The molecule has 0 amide bonds.